The molecule has 25 heavy (non-hydrogen) atoms. The first-order valence-electron chi connectivity index (χ1n) is 9.10. The predicted molar refractivity (Wildman–Crippen MR) is 95.1 cm³/mol. The van der Waals surface area contributed by atoms with Gasteiger partial charge in [-0.2, -0.15) is 0 Å². The Kier molecular flexibility index (Phi) is 4.43. The lowest BCUT2D eigenvalue weighted by Gasteiger charge is -2.26. The summed E-state index contributed by atoms with van der Waals surface area (Å²) in [4.78, 5) is 24.4. The third-order valence-corrected chi connectivity index (χ3v) is 5.44. The van der Waals surface area contributed by atoms with Crippen LogP contribution in [0, 0.1) is 5.92 Å². The minimum Gasteiger partial charge on any atom is -0.369 e. The van der Waals surface area contributed by atoms with Crippen LogP contribution in [-0.4, -0.2) is 27.6 Å². The molecule has 1 atom stereocenters. The van der Waals surface area contributed by atoms with Gasteiger partial charge in [-0.1, -0.05) is 0 Å². The van der Waals surface area contributed by atoms with Crippen LogP contribution in [0.5, 0.6) is 0 Å². The average Bonchev–Trinajstić information content (AvgIpc) is 2.98. The van der Waals surface area contributed by atoms with Crippen LogP contribution in [0.15, 0.2) is 6.07 Å². The molecule has 2 aliphatic rings. The van der Waals surface area contributed by atoms with Gasteiger partial charge >= 0.3 is 0 Å². The Bertz CT molecular complexity index is 703. The molecule has 0 aromatic carbocycles. The first kappa shape index (κ1) is 18.0. The predicted octanol–water partition coefficient (Wildman–Crippen LogP) is 2.13. The minimum absolute atomic E-state index is 0.00237. The van der Waals surface area contributed by atoms with Gasteiger partial charge in [0.1, 0.15) is 0 Å². The van der Waals surface area contributed by atoms with Crippen LogP contribution in [0.3, 0.4) is 0 Å². The van der Waals surface area contributed by atoms with Crippen LogP contribution in [0.25, 0.3) is 0 Å². The van der Waals surface area contributed by atoms with Crippen LogP contribution in [0.1, 0.15) is 68.7 Å². The smallest absolute Gasteiger partial charge is 0.250 e. The maximum absolute atomic E-state index is 12.7. The van der Waals surface area contributed by atoms with Crippen molar-refractivity contribution in [1.82, 2.24) is 9.88 Å². The summed E-state index contributed by atoms with van der Waals surface area (Å²) in [5.41, 5.74) is 7.29. The number of fused-ring (bicyclic) bond motifs is 1. The summed E-state index contributed by atoms with van der Waals surface area (Å²) in [5.74, 6) is -0.577. The monoisotopic (exact) mass is 347 g/mol. The molecule has 6 nitrogen and oxygen atoms in total. The van der Waals surface area contributed by atoms with E-state index in [0.717, 1.165) is 37.2 Å². The van der Waals surface area contributed by atoms with Gasteiger partial charge in [0, 0.05) is 17.9 Å². The van der Waals surface area contributed by atoms with Gasteiger partial charge in [-0.3, -0.25) is 9.59 Å². The molecule has 1 unspecified atom stereocenters. The fourth-order valence-electron chi connectivity index (χ4n) is 4.39. The fourth-order valence-corrected chi connectivity index (χ4v) is 4.39. The molecule has 0 spiro atoms. The van der Waals surface area contributed by atoms with Gasteiger partial charge < -0.3 is 20.4 Å². The summed E-state index contributed by atoms with van der Waals surface area (Å²) in [6, 6.07) is 1.84. The molecule has 1 aromatic heterocycles. The molecular formula is C19H29N3O3. The van der Waals surface area contributed by atoms with Crippen LogP contribution >= 0.6 is 0 Å². The summed E-state index contributed by atoms with van der Waals surface area (Å²) in [7, 11) is 0. The Morgan fingerprint density at radius 1 is 1.32 bits per heavy atom. The summed E-state index contributed by atoms with van der Waals surface area (Å²) in [6.07, 6.45) is 3.71. The van der Waals surface area contributed by atoms with Crippen LogP contribution < -0.4 is 11.1 Å². The molecule has 138 valence electrons. The van der Waals surface area contributed by atoms with E-state index in [4.69, 9.17) is 10.5 Å². The molecule has 1 aromatic rings. The van der Waals surface area contributed by atoms with Gasteiger partial charge in [-0.25, -0.2) is 0 Å². The molecule has 0 bridgehead atoms. The van der Waals surface area contributed by atoms with Crippen LogP contribution in [0.2, 0.25) is 0 Å². The number of carbonyl (C=O) groups excluding carboxylic acids is 2. The number of hydrogen-bond donors (Lipinski definition) is 2. The van der Waals surface area contributed by atoms with Crippen molar-refractivity contribution in [2.45, 2.75) is 77.7 Å². The molecule has 2 amide bonds. The summed E-state index contributed by atoms with van der Waals surface area (Å²) < 4.78 is 8.16. The Hall–Kier alpha value is -1.82. The number of ether oxygens (including phenoxy) is 1. The van der Waals surface area contributed by atoms with E-state index in [1.165, 1.54) is 0 Å². The molecule has 2 aliphatic heterocycles. The van der Waals surface area contributed by atoms with Crippen LogP contribution in [-0.2, 0) is 29.0 Å². The first-order valence-corrected chi connectivity index (χ1v) is 9.10. The number of nitrogens with zero attached hydrogens (tertiary/aromatic N) is 1. The topological polar surface area (TPSA) is 86.4 Å². The molecule has 1 fully saturated rings. The highest BCUT2D eigenvalue weighted by atomic mass is 16.5. The van der Waals surface area contributed by atoms with Crippen molar-refractivity contribution in [1.29, 1.82) is 0 Å². The van der Waals surface area contributed by atoms with E-state index in [9.17, 15) is 9.59 Å². The van der Waals surface area contributed by atoms with E-state index in [1.807, 2.05) is 33.8 Å². The number of rotatable bonds is 4. The van der Waals surface area contributed by atoms with Gasteiger partial charge in [0.2, 0.25) is 5.91 Å². The standard InChI is InChI=1S/C19H29N3O3/c1-18(2)10-14(19(3,4)25-18)17(24)21-11-12-9-13(16(20)23)15-7-5-6-8-22(12)15/h9,14H,5-8,10-11H2,1-4H3,(H2,20,23)(H,21,24). The highest BCUT2D eigenvalue weighted by Crippen LogP contribution is 2.42. The van der Waals surface area contributed by atoms with Crippen LogP contribution in [0.4, 0.5) is 0 Å². The number of primary amides is 1. The average molecular weight is 347 g/mol. The number of hydrogen-bond acceptors (Lipinski definition) is 3. The summed E-state index contributed by atoms with van der Waals surface area (Å²) in [6.45, 7) is 9.26. The highest BCUT2D eigenvalue weighted by molar-refractivity contribution is 5.94. The molecule has 0 aliphatic carbocycles. The summed E-state index contributed by atoms with van der Waals surface area (Å²) >= 11 is 0. The Morgan fingerprint density at radius 3 is 2.64 bits per heavy atom. The van der Waals surface area contributed by atoms with Crippen molar-refractivity contribution >= 4 is 11.8 Å². The third kappa shape index (κ3) is 3.45. The second kappa shape index (κ2) is 6.16. The second-order valence-corrected chi connectivity index (χ2v) is 8.41. The van der Waals surface area contributed by atoms with E-state index in [1.54, 1.807) is 0 Å². The molecule has 3 heterocycles. The van der Waals surface area contributed by atoms with E-state index in [2.05, 4.69) is 9.88 Å². The lowest BCUT2D eigenvalue weighted by atomic mass is 9.86. The normalized spacial score (nSPS) is 23.9. The van der Waals surface area contributed by atoms with Crippen molar-refractivity contribution in [2.75, 3.05) is 0 Å². The zero-order valence-corrected chi connectivity index (χ0v) is 15.6. The number of carbonyl (C=O) groups is 2. The lowest BCUT2D eigenvalue weighted by Crippen LogP contribution is -2.40. The molecule has 1 saturated heterocycles. The van der Waals surface area contributed by atoms with E-state index < -0.39 is 11.5 Å². The molecule has 0 saturated carbocycles. The molecule has 3 rings (SSSR count). The van der Waals surface area contributed by atoms with Gasteiger partial charge in [-0.15, -0.1) is 0 Å². The Morgan fingerprint density at radius 2 is 2.04 bits per heavy atom. The van der Waals surface area contributed by atoms with Crippen molar-refractivity contribution in [3.8, 4) is 0 Å². The lowest BCUT2D eigenvalue weighted by molar-refractivity contribution is -0.131. The number of nitrogens with one attached hydrogen (secondary N) is 1. The molecular weight excluding hydrogens is 318 g/mol. The zero-order chi connectivity index (χ0) is 18.4. The maximum Gasteiger partial charge on any atom is 0.250 e. The largest absolute Gasteiger partial charge is 0.369 e. The zero-order valence-electron chi connectivity index (χ0n) is 15.6. The maximum atomic E-state index is 12.7. The molecule has 6 heteroatoms. The second-order valence-electron chi connectivity index (χ2n) is 8.41. The SMILES string of the molecule is CC1(C)CC(C(=O)NCc2cc(C(N)=O)c3n2CCCC3)C(C)(C)O1. The van der Waals surface area contributed by atoms with Crippen molar-refractivity contribution in [2.24, 2.45) is 11.7 Å². The fraction of sp³-hybridized carbons (Fsp3) is 0.684. The quantitative estimate of drug-likeness (QED) is 0.875. The third-order valence-electron chi connectivity index (χ3n) is 5.44. The number of aromatic nitrogens is 1. The van der Waals surface area contributed by atoms with Crippen molar-refractivity contribution in [3.63, 3.8) is 0 Å². The van der Waals surface area contributed by atoms with Gasteiger partial charge in [0.05, 0.1) is 29.2 Å². The Balaban J connectivity index is 1.74. The van der Waals surface area contributed by atoms with E-state index in [0.29, 0.717) is 18.5 Å². The minimum atomic E-state index is -0.482. The molecule has 3 N–H and O–H groups in total. The number of nitrogens with two attached hydrogens (primary N) is 1. The van der Waals surface area contributed by atoms with Gasteiger partial charge in [-0.05, 0) is 59.4 Å². The van der Waals surface area contributed by atoms with Gasteiger partial charge in [0.15, 0.2) is 0 Å². The highest BCUT2D eigenvalue weighted by Gasteiger charge is 2.49. The summed E-state index contributed by atoms with van der Waals surface area (Å²) in [5, 5.41) is 3.04. The van der Waals surface area contributed by atoms with Crippen molar-refractivity contribution < 1.29 is 14.3 Å². The van der Waals surface area contributed by atoms with Gasteiger partial charge in [0.25, 0.3) is 5.91 Å². The van der Waals surface area contributed by atoms with Crippen molar-refractivity contribution in [3.05, 3.63) is 23.0 Å². The van der Waals surface area contributed by atoms with E-state index >= 15 is 0 Å². The molecule has 0 radical (unpaired) electrons. The number of amides is 2. The van der Waals surface area contributed by atoms with E-state index in [-0.39, 0.29) is 17.4 Å². The first-order chi connectivity index (χ1) is 11.6. The Labute approximate surface area is 149 Å².